The molecule has 0 saturated carbocycles. The fraction of sp³-hybridized carbons (Fsp3) is 0.650. The average Bonchev–Trinajstić information content (AvgIpc) is 3.12. The van der Waals surface area contributed by atoms with E-state index in [1.165, 1.54) is 29.8 Å². The van der Waals surface area contributed by atoms with Gasteiger partial charge in [0.1, 0.15) is 0 Å². The van der Waals surface area contributed by atoms with Gasteiger partial charge in [0, 0.05) is 36.6 Å². The molecule has 144 valence electrons. The van der Waals surface area contributed by atoms with Crippen LogP contribution in [-0.2, 0) is 11.3 Å². The Balaban J connectivity index is 1.54. The molecule has 6 heteroatoms. The van der Waals surface area contributed by atoms with E-state index in [1.54, 1.807) is 0 Å². The van der Waals surface area contributed by atoms with Crippen LogP contribution in [0.1, 0.15) is 32.3 Å². The SMILES string of the molecule is CCNC(=NCc1ccc(N2CCOCC2)cc1)NCC1(C)CCCS1. The van der Waals surface area contributed by atoms with E-state index in [0.29, 0.717) is 11.3 Å². The first-order valence-corrected chi connectivity index (χ1v) is 10.7. The molecule has 2 heterocycles. The summed E-state index contributed by atoms with van der Waals surface area (Å²) in [5.74, 6) is 2.19. The normalized spacial score (nSPS) is 23.9. The van der Waals surface area contributed by atoms with Crippen molar-refractivity contribution in [3.8, 4) is 0 Å². The number of nitrogens with one attached hydrogen (secondary N) is 2. The number of morpholine rings is 1. The summed E-state index contributed by atoms with van der Waals surface area (Å²) in [5.41, 5.74) is 2.51. The lowest BCUT2D eigenvalue weighted by atomic mass is 10.1. The van der Waals surface area contributed by atoms with Crippen molar-refractivity contribution in [1.29, 1.82) is 0 Å². The van der Waals surface area contributed by atoms with Crippen molar-refractivity contribution in [2.45, 2.75) is 38.0 Å². The molecule has 2 saturated heterocycles. The lowest BCUT2D eigenvalue weighted by molar-refractivity contribution is 0.122. The summed E-state index contributed by atoms with van der Waals surface area (Å²) < 4.78 is 5.77. The molecule has 2 fully saturated rings. The molecule has 26 heavy (non-hydrogen) atoms. The minimum atomic E-state index is 0.343. The molecule has 0 amide bonds. The summed E-state index contributed by atoms with van der Waals surface area (Å²) in [4.78, 5) is 7.15. The number of nitrogens with zero attached hydrogens (tertiary/aromatic N) is 2. The standard InChI is InChI=1S/C20H32N4OS/c1-3-21-19(23-16-20(2)9-4-14-26-20)22-15-17-5-7-18(8-6-17)24-10-12-25-13-11-24/h5-8H,3-4,9-16H2,1-2H3,(H2,21,22,23). The van der Waals surface area contributed by atoms with E-state index < -0.39 is 0 Å². The maximum atomic E-state index is 5.42. The van der Waals surface area contributed by atoms with E-state index in [9.17, 15) is 0 Å². The van der Waals surface area contributed by atoms with Crippen molar-refractivity contribution in [2.75, 3.05) is 50.0 Å². The van der Waals surface area contributed by atoms with Gasteiger partial charge in [0.15, 0.2) is 5.96 Å². The van der Waals surface area contributed by atoms with Crippen LogP contribution in [0.4, 0.5) is 5.69 Å². The molecule has 2 aliphatic heterocycles. The van der Waals surface area contributed by atoms with Crippen molar-refractivity contribution in [2.24, 2.45) is 4.99 Å². The van der Waals surface area contributed by atoms with Crippen LogP contribution in [0.3, 0.4) is 0 Å². The number of hydrogen-bond donors (Lipinski definition) is 2. The van der Waals surface area contributed by atoms with Crippen LogP contribution in [0.15, 0.2) is 29.3 Å². The van der Waals surface area contributed by atoms with Crippen LogP contribution >= 0.6 is 11.8 Å². The number of rotatable bonds is 6. The van der Waals surface area contributed by atoms with Gasteiger partial charge >= 0.3 is 0 Å². The van der Waals surface area contributed by atoms with Crippen molar-refractivity contribution in [3.05, 3.63) is 29.8 Å². The molecule has 0 spiro atoms. The largest absolute Gasteiger partial charge is 0.378 e. The molecular weight excluding hydrogens is 344 g/mol. The summed E-state index contributed by atoms with van der Waals surface area (Å²) in [7, 11) is 0. The molecule has 1 unspecified atom stereocenters. The molecule has 0 aromatic heterocycles. The maximum Gasteiger partial charge on any atom is 0.191 e. The van der Waals surface area contributed by atoms with Gasteiger partial charge < -0.3 is 20.3 Å². The highest BCUT2D eigenvalue weighted by atomic mass is 32.2. The van der Waals surface area contributed by atoms with Crippen molar-refractivity contribution in [1.82, 2.24) is 10.6 Å². The van der Waals surface area contributed by atoms with Crippen LogP contribution in [0, 0.1) is 0 Å². The van der Waals surface area contributed by atoms with Crippen molar-refractivity contribution >= 4 is 23.4 Å². The van der Waals surface area contributed by atoms with Gasteiger partial charge in [-0.15, -0.1) is 0 Å². The summed E-state index contributed by atoms with van der Waals surface area (Å²) >= 11 is 2.08. The van der Waals surface area contributed by atoms with Crippen LogP contribution in [0.5, 0.6) is 0 Å². The summed E-state index contributed by atoms with van der Waals surface area (Å²) in [5, 5.41) is 6.90. The number of guanidine groups is 1. The van der Waals surface area contributed by atoms with E-state index in [2.05, 4.69) is 65.4 Å². The van der Waals surface area contributed by atoms with Gasteiger partial charge in [0.2, 0.25) is 0 Å². The number of ether oxygens (including phenoxy) is 1. The summed E-state index contributed by atoms with van der Waals surface area (Å²) in [6.45, 7) is 10.6. The molecule has 0 bridgehead atoms. The molecule has 1 atom stereocenters. The fourth-order valence-electron chi connectivity index (χ4n) is 3.39. The Morgan fingerprint density at radius 2 is 2.00 bits per heavy atom. The minimum absolute atomic E-state index is 0.343. The van der Waals surface area contributed by atoms with E-state index in [0.717, 1.165) is 45.4 Å². The zero-order chi connectivity index (χ0) is 18.2. The molecule has 0 radical (unpaired) electrons. The second-order valence-electron chi connectivity index (χ2n) is 7.22. The minimum Gasteiger partial charge on any atom is -0.378 e. The smallest absolute Gasteiger partial charge is 0.191 e. The fourth-order valence-corrected chi connectivity index (χ4v) is 4.64. The Kier molecular flexibility index (Phi) is 7.08. The Labute approximate surface area is 162 Å². The zero-order valence-electron chi connectivity index (χ0n) is 16.1. The van der Waals surface area contributed by atoms with E-state index in [1.807, 2.05) is 0 Å². The van der Waals surface area contributed by atoms with Crippen molar-refractivity contribution in [3.63, 3.8) is 0 Å². The lowest BCUT2D eigenvalue weighted by Crippen LogP contribution is -2.43. The molecule has 1 aromatic rings. The van der Waals surface area contributed by atoms with Crippen LogP contribution in [-0.4, -0.2) is 55.9 Å². The zero-order valence-corrected chi connectivity index (χ0v) is 16.9. The second-order valence-corrected chi connectivity index (χ2v) is 8.90. The van der Waals surface area contributed by atoms with Gasteiger partial charge in [-0.3, -0.25) is 0 Å². The Hall–Kier alpha value is -1.40. The third-order valence-corrected chi connectivity index (χ3v) is 6.54. The Morgan fingerprint density at radius 1 is 1.23 bits per heavy atom. The average molecular weight is 377 g/mol. The summed E-state index contributed by atoms with van der Waals surface area (Å²) in [6, 6.07) is 8.78. The van der Waals surface area contributed by atoms with Gasteiger partial charge in [0.25, 0.3) is 0 Å². The third-order valence-electron chi connectivity index (χ3n) is 5.01. The lowest BCUT2D eigenvalue weighted by Gasteiger charge is -2.28. The number of anilines is 1. The maximum absolute atomic E-state index is 5.42. The van der Waals surface area contributed by atoms with Gasteiger partial charge in [-0.05, 0) is 50.1 Å². The molecule has 0 aliphatic carbocycles. The van der Waals surface area contributed by atoms with E-state index >= 15 is 0 Å². The van der Waals surface area contributed by atoms with Gasteiger partial charge in [-0.1, -0.05) is 12.1 Å². The second kappa shape index (κ2) is 9.51. The molecule has 5 nitrogen and oxygen atoms in total. The predicted molar refractivity (Wildman–Crippen MR) is 112 cm³/mol. The van der Waals surface area contributed by atoms with Gasteiger partial charge in [-0.25, -0.2) is 4.99 Å². The predicted octanol–water partition coefficient (Wildman–Crippen LogP) is 2.86. The van der Waals surface area contributed by atoms with E-state index in [4.69, 9.17) is 9.73 Å². The first-order chi connectivity index (χ1) is 12.7. The molecule has 2 N–H and O–H groups in total. The number of benzene rings is 1. The van der Waals surface area contributed by atoms with Crippen LogP contribution in [0.25, 0.3) is 0 Å². The van der Waals surface area contributed by atoms with Crippen LogP contribution < -0.4 is 15.5 Å². The van der Waals surface area contributed by atoms with E-state index in [-0.39, 0.29) is 0 Å². The first-order valence-electron chi connectivity index (χ1n) is 9.76. The molecule has 2 aliphatic rings. The highest BCUT2D eigenvalue weighted by Gasteiger charge is 2.29. The molecular formula is C20H32N4OS. The quantitative estimate of drug-likeness (QED) is 0.591. The number of hydrogen-bond acceptors (Lipinski definition) is 4. The van der Waals surface area contributed by atoms with Gasteiger partial charge in [0.05, 0.1) is 19.8 Å². The monoisotopic (exact) mass is 376 g/mol. The summed E-state index contributed by atoms with van der Waals surface area (Å²) in [6.07, 6.45) is 2.61. The Morgan fingerprint density at radius 3 is 2.65 bits per heavy atom. The number of thioether (sulfide) groups is 1. The van der Waals surface area contributed by atoms with Crippen LogP contribution in [0.2, 0.25) is 0 Å². The third kappa shape index (κ3) is 5.55. The van der Waals surface area contributed by atoms with Gasteiger partial charge in [-0.2, -0.15) is 11.8 Å². The molecule has 1 aromatic carbocycles. The molecule has 3 rings (SSSR count). The van der Waals surface area contributed by atoms with Crippen molar-refractivity contribution < 1.29 is 4.74 Å². The highest BCUT2D eigenvalue weighted by molar-refractivity contribution is 8.00. The highest BCUT2D eigenvalue weighted by Crippen LogP contribution is 2.36. The number of aliphatic imine (C=N–C) groups is 1. The topological polar surface area (TPSA) is 48.9 Å². The first kappa shape index (κ1) is 19.4. The Bertz CT molecular complexity index is 578.